The van der Waals surface area contributed by atoms with Crippen LogP contribution in [0.4, 0.5) is 0 Å². The molecular formula is C35H56O3SSi. The van der Waals surface area contributed by atoms with Crippen LogP contribution in [-0.4, -0.2) is 40.9 Å². The summed E-state index contributed by atoms with van der Waals surface area (Å²) in [5.74, 6) is 7.82. The zero-order chi connectivity index (χ0) is 29.8. The van der Waals surface area contributed by atoms with Crippen LogP contribution in [0.25, 0.3) is 0 Å². The minimum atomic E-state index is -2.10. The molecule has 3 nitrogen and oxygen atoms in total. The standard InChI is InChI=1S/C35H56O3SSi/c1-11-25-16-18-28-27-17-15-26-23-35(37,39-22-14-20-34(36,12-2)13-3)24-30(38-40(9,10)31(4,5)6)33(26,8)29(27)19-21-32(25,28)7/h15-17,28-30,36-37H,11-13,18-19,21-24H2,1-10H3/t28-,29-,30-,32+,33-,35-/m0/s1. The predicted octanol–water partition coefficient (Wildman–Crippen LogP) is 8.79. The van der Waals surface area contributed by atoms with Crippen LogP contribution in [0.3, 0.4) is 0 Å². The lowest BCUT2D eigenvalue weighted by molar-refractivity contribution is -0.0526. The Morgan fingerprint density at radius 2 is 1.77 bits per heavy atom. The normalized spacial score (nSPS) is 35.9. The molecule has 0 aliphatic heterocycles. The number of hydrogen-bond acceptors (Lipinski definition) is 4. The van der Waals surface area contributed by atoms with E-state index in [-0.39, 0.29) is 22.0 Å². The van der Waals surface area contributed by atoms with Crippen molar-refractivity contribution in [2.75, 3.05) is 5.75 Å². The van der Waals surface area contributed by atoms with Crippen LogP contribution < -0.4 is 0 Å². The highest BCUT2D eigenvalue weighted by molar-refractivity contribution is 8.00. The van der Waals surface area contributed by atoms with Gasteiger partial charge in [0.1, 0.15) is 10.5 Å². The van der Waals surface area contributed by atoms with E-state index >= 15 is 0 Å². The van der Waals surface area contributed by atoms with Gasteiger partial charge in [-0.1, -0.05) is 102 Å². The fraction of sp³-hybridized carbons (Fsp3) is 0.771. The summed E-state index contributed by atoms with van der Waals surface area (Å²) in [4.78, 5) is -0.928. The molecule has 0 aromatic heterocycles. The lowest BCUT2D eigenvalue weighted by atomic mass is 9.49. The van der Waals surface area contributed by atoms with Gasteiger partial charge in [-0.15, -0.1) is 11.8 Å². The fourth-order valence-electron chi connectivity index (χ4n) is 7.85. The van der Waals surface area contributed by atoms with Crippen LogP contribution in [0.1, 0.15) is 107 Å². The highest BCUT2D eigenvalue weighted by atomic mass is 32.2. The highest BCUT2D eigenvalue weighted by Crippen LogP contribution is 2.66. The van der Waals surface area contributed by atoms with Gasteiger partial charge in [0.25, 0.3) is 0 Å². The summed E-state index contributed by atoms with van der Waals surface area (Å²) in [5, 5.41) is 22.8. The summed E-state index contributed by atoms with van der Waals surface area (Å²) >= 11 is 1.54. The minimum Gasteiger partial charge on any atom is -0.413 e. The molecule has 4 aliphatic carbocycles. The first-order chi connectivity index (χ1) is 18.5. The maximum atomic E-state index is 12.1. The van der Waals surface area contributed by atoms with Crippen molar-refractivity contribution < 1.29 is 14.6 Å². The van der Waals surface area contributed by atoms with Crippen LogP contribution in [-0.2, 0) is 4.43 Å². The third-order valence-electron chi connectivity index (χ3n) is 11.9. The molecule has 0 unspecified atom stereocenters. The molecule has 0 aromatic rings. The number of fused-ring (bicyclic) bond motifs is 5. The molecule has 2 N–H and O–H groups in total. The van der Waals surface area contributed by atoms with E-state index < -0.39 is 18.9 Å². The largest absolute Gasteiger partial charge is 0.413 e. The first-order valence-corrected chi connectivity index (χ1v) is 19.7. The lowest BCUT2D eigenvalue weighted by Crippen LogP contribution is -2.58. The van der Waals surface area contributed by atoms with Gasteiger partial charge >= 0.3 is 0 Å². The van der Waals surface area contributed by atoms with Crippen molar-refractivity contribution in [1.29, 1.82) is 0 Å². The average molecular weight is 585 g/mol. The highest BCUT2D eigenvalue weighted by Gasteiger charge is 2.60. The summed E-state index contributed by atoms with van der Waals surface area (Å²) < 4.78 is 7.34. The SMILES string of the molecule is CCC1=CC[C@H]2C3=CC=C4C[C@](O)(SCC#CC(O)(CC)CC)C[C@H](O[Si](C)(C)C(C)(C)C)[C@]4(C)[C@H]3CC[C@]12C. The summed E-state index contributed by atoms with van der Waals surface area (Å²) in [5.41, 5.74) is 3.88. The monoisotopic (exact) mass is 584 g/mol. The lowest BCUT2D eigenvalue weighted by Gasteiger charge is -2.60. The van der Waals surface area contributed by atoms with Gasteiger partial charge in [-0.2, -0.15) is 0 Å². The predicted molar refractivity (Wildman–Crippen MR) is 174 cm³/mol. The Hall–Kier alpha value is -0.773. The molecule has 0 spiro atoms. The molecule has 2 fully saturated rings. The summed E-state index contributed by atoms with van der Waals surface area (Å²) in [7, 11) is -2.10. The average Bonchev–Trinajstić information content (AvgIpc) is 3.23. The molecule has 40 heavy (non-hydrogen) atoms. The van der Waals surface area contributed by atoms with Gasteiger partial charge in [-0.25, -0.2) is 0 Å². The van der Waals surface area contributed by atoms with Crippen molar-refractivity contribution in [3.05, 3.63) is 34.9 Å². The van der Waals surface area contributed by atoms with Gasteiger partial charge in [0.05, 0.1) is 11.9 Å². The number of rotatable bonds is 7. The van der Waals surface area contributed by atoms with Crippen LogP contribution in [0, 0.1) is 34.5 Å². The van der Waals surface area contributed by atoms with E-state index in [1.54, 1.807) is 11.1 Å². The smallest absolute Gasteiger partial charge is 0.192 e. The van der Waals surface area contributed by atoms with Crippen LogP contribution in [0.2, 0.25) is 18.1 Å². The van der Waals surface area contributed by atoms with Crippen LogP contribution in [0.15, 0.2) is 34.9 Å². The second-order valence-corrected chi connectivity index (χ2v) is 21.1. The molecule has 0 radical (unpaired) electrons. The second-order valence-electron chi connectivity index (χ2n) is 15.0. The summed E-state index contributed by atoms with van der Waals surface area (Å²) in [6.07, 6.45) is 14.5. The molecule has 5 heteroatoms. The first-order valence-electron chi connectivity index (χ1n) is 15.9. The van der Waals surface area contributed by atoms with Crippen LogP contribution >= 0.6 is 11.8 Å². The van der Waals surface area contributed by atoms with Gasteiger partial charge in [-0.05, 0) is 73.9 Å². The van der Waals surface area contributed by atoms with E-state index in [0.717, 1.165) is 12.8 Å². The van der Waals surface area contributed by atoms with E-state index in [1.165, 1.54) is 30.2 Å². The Bertz CT molecular complexity index is 1130. The van der Waals surface area contributed by atoms with E-state index in [0.29, 0.717) is 43.3 Å². The van der Waals surface area contributed by atoms with E-state index in [9.17, 15) is 10.2 Å². The Morgan fingerprint density at radius 1 is 1.10 bits per heavy atom. The molecule has 6 atom stereocenters. The minimum absolute atomic E-state index is 0.0415. The van der Waals surface area contributed by atoms with Crippen molar-refractivity contribution in [2.24, 2.45) is 22.7 Å². The van der Waals surface area contributed by atoms with Gasteiger partial charge in [0.15, 0.2) is 8.32 Å². The first kappa shape index (κ1) is 32.1. The molecule has 224 valence electrons. The van der Waals surface area contributed by atoms with E-state index in [2.05, 4.69) is 84.7 Å². The zero-order valence-corrected chi connectivity index (χ0v) is 28.9. The Kier molecular flexibility index (Phi) is 8.88. The molecular weight excluding hydrogens is 529 g/mol. The molecule has 2 saturated carbocycles. The van der Waals surface area contributed by atoms with Gasteiger partial charge in [-0.3, -0.25) is 0 Å². The maximum absolute atomic E-state index is 12.1. The third kappa shape index (κ3) is 5.50. The van der Waals surface area contributed by atoms with Gasteiger partial charge < -0.3 is 14.6 Å². The molecule has 4 rings (SSSR count). The zero-order valence-electron chi connectivity index (χ0n) is 27.0. The number of hydrogen-bond donors (Lipinski definition) is 2. The Morgan fingerprint density at radius 3 is 2.38 bits per heavy atom. The number of aliphatic hydroxyl groups is 2. The summed E-state index contributed by atoms with van der Waals surface area (Å²) in [6, 6.07) is 0. The van der Waals surface area contributed by atoms with Crippen molar-refractivity contribution >= 4 is 20.1 Å². The maximum Gasteiger partial charge on any atom is 0.192 e. The molecule has 0 heterocycles. The van der Waals surface area contributed by atoms with Crippen molar-refractivity contribution in [2.45, 2.75) is 142 Å². The topological polar surface area (TPSA) is 49.7 Å². The van der Waals surface area contributed by atoms with E-state index in [4.69, 9.17) is 4.43 Å². The van der Waals surface area contributed by atoms with Crippen molar-refractivity contribution in [1.82, 2.24) is 0 Å². The molecule has 0 bridgehead atoms. The molecule has 4 aliphatic rings. The van der Waals surface area contributed by atoms with Crippen molar-refractivity contribution in [3.8, 4) is 11.8 Å². The van der Waals surface area contributed by atoms with Gasteiger partial charge in [0, 0.05) is 18.3 Å². The molecule has 0 amide bonds. The molecule has 0 saturated heterocycles. The summed E-state index contributed by atoms with van der Waals surface area (Å²) in [6.45, 7) is 22.9. The fourth-order valence-corrected chi connectivity index (χ4v) is 10.2. The second kappa shape index (κ2) is 11.1. The number of allylic oxidation sites excluding steroid dienone is 5. The molecule has 0 aromatic carbocycles. The number of thioether (sulfide) groups is 1. The van der Waals surface area contributed by atoms with Gasteiger partial charge in [0.2, 0.25) is 0 Å². The van der Waals surface area contributed by atoms with Crippen molar-refractivity contribution in [3.63, 3.8) is 0 Å². The third-order valence-corrected chi connectivity index (χ3v) is 17.5. The van der Waals surface area contributed by atoms with E-state index in [1.807, 2.05) is 13.8 Å². The Labute approximate surface area is 250 Å². The quantitative estimate of drug-likeness (QED) is 0.136. The van der Waals surface area contributed by atoms with Crippen LogP contribution in [0.5, 0.6) is 0 Å². The Balaban J connectivity index is 1.69.